The number of anilines is 1. The monoisotopic (exact) mass is 391 g/mol. The Labute approximate surface area is 169 Å². The number of benzene rings is 2. The number of pyridine rings is 1. The molecule has 1 aliphatic carbocycles. The highest BCUT2D eigenvalue weighted by atomic mass is 35.5. The fourth-order valence-electron chi connectivity index (χ4n) is 4.02. The highest BCUT2D eigenvalue weighted by Gasteiger charge is 2.34. The van der Waals surface area contributed by atoms with E-state index in [0.717, 1.165) is 66.4 Å². The van der Waals surface area contributed by atoms with Crippen molar-refractivity contribution in [3.05, 3.63) is 59.8 Å². The predicted molar refractivity (Wildman–Crippen MR) is 114 cm³/mol. The molecular formula is C23H22ClN3O. The smallest absolute Gasteiger partial charge is 0.225 e. The SMILES string of the molecule is O=C(C1CC1)N1CCN(c2ncc(-c3ccc(Cl)cc3)c3ccccc23)CC1. The molecule has 0 N–H and O–H groups in total. The van der Waals surface area contributed by atoms with Gasteiger partial charge in [-0.2, -0.15) is 0 Å². The molecule has 2 fully saturated rings. The van der Waals surface area contributed by atoms with Crippen LogP contribution in [0.5, 0.6) is 0 Å². The number of nitrogens with zero attached hydrogens (tertiary/aromatic N) is 3. The molecule has 5 rings (SSSR count). The summed E-state index contributed by atoms with van der Waals surface area (Å²) in [5, 5.41) is 3.07. The largest absolute Gasteiger partial charge is 0.353 e. The molecule has 0 atom stereocenters. The molecule has 3 aromatic rings. The van der Waals surface area contributed by atoms with Crippen LogP contribution in [0.4, 0.5) is 5.82 Å². The van der Waals surface area contributed by atoms with Gasteiger partial charge in [-0.3, -0.25) is 4.79 Å². The first-order valence-electron chi connectivity index (χ1n) is 9.88. The third-order valence-corrected chi connectivity index (χ3v) is 6.00. The second kappa shape index (κ2) is 7.10. The van der Waals surface area contributed by atoms with Crippen LogP contribution in [-0.4, -0.2) is 42.0 Å². The number of carbonyl (C=O) groups is 1. The van der Waals surface area contributed by atoms with Gasteiger partial charge < -0.3 is 9.80 Å². The Hall–Kier alpha value is -2.59. The van der Waals surface area contributed by atoms with Gasteiger partial charge in [0, 0.05) is 54.3 Å². The van der Waals surface area contributed by atoms with Crippen LogP contribution < -0.4 is 4.90 Å². The first-order chi connectivity index (χ1) is 13.7. The number of aromatic nitrogens is 1. The summed E-state index contributed by atoms with van der Waals surface area (Å²) in [4.78, 5) is 21.5. The van der Waals surface area contributed by atoms with E-state index in [9.17, 15) is 4.79 Å². The van der Waals surface area contributed by atoms with Gasteiger partial charge in [0.05, 0.1) is 0 Å². The average Bonchev–Trinajstić information content (AvgIpc) is 3.59. The molecule has 0 unspecified atom stereocenters. The van der Waals surface area contributed by atoms with E-state index < -0.39 is 0 Å². The van der Waals surface area contributed by atoms with Gasteiger partial charge in [0.25, 0.3) is 0 Å². The molecule has 1 aromatic heterocycles. The van der Waals surface area contributed by atoms with Crippen LogP contribution >= 0.6 is 11.6 Å². The predicted octanol–water partition coefficient (Wildman–Crippen LogP) is 4.61. The van der Waals surface area contributed by atoms with Crippen molar-refractivity contribution in [2.75, 3.05) is 31.1 Å². The minimum absolute atomic E-state index is 0.296. The van der Waals surface area contributed by atoms with Crippen LogP contribution in [0.3, 0.4) is 0 Å². The Morgan fingerprint density at radius 1 is 0.929 bits per heavy atom. The van der Waals surface area contributed by atoms with Crippen LogP contribution in [0.15, 0.2) is 54.7 Å². The Balaban J connectivity index is 1.45. The number of hydrogen-bond donors (Lipinski definition) is 0. The van der Waals surface area contributed by atoms with Gasteiger partial charge in [0.2, 0.25) is 5.91 Å². The van der Waals surface area contributed by atoms with Gasteiger partial charge >= 0.3 is 0 Å². The lowest BCUT2D eigenvalue weighted by molar-refractivity contribution is -0.132. The third kappa shape index (κ3) is 3.22. The van der Waals surface area contributed by atoms with E-state index in [4.69, 9.17) is 16.6 Å². The number of carbonyl (C=O) groups excluding carboxylic acids is 1. The summed E-state index contributed by atoms with van der Waals surface area (Å²) in [6.45, 7) is 3.22. The first kappa shape index (κ1) is 17.5. The Morgan fingerprint density at radius 3 is 2.29 bits per heavy atom. The van der Waals surface area contributed by atoms with Crippen LogP contribution in [0.1, 0.15) is 12.8 Å². The molecule has 28 heavy (non-hydrogen) atoms. The molecule has 1 saturated carbocycles. The zero-order chi connectivity index (χ0) is 19.1. The molecular weight excluding hydrogens is 370 g/mol. The van der Waals surface area contributed by atoms with Crippen molar-refractivity contribution in [3.8, 4) is 11.1 Å². The van der Waals surface area contributed by atoms with Crippen molar-refractivity contribution in [2.24, 2.45) is 5.92 Å². The number of rotatable bonds is 3. The minimum Gasteiger partial charge on any atom is -0.353 e. The summed E-state index contributed by atoms with van der Waals surface area (Å²) >= 11 is 6.05. The van der Waals surface area contributed by atoms with Gasteiger partial charge in [-0.05, 0) is 35.9 Å². The quantitative estimate of drug-likeness (QED) is 0.654. The average molecular weight is 392 g/mol. The van der Waals surface area contributed by atoms with Crippen LogP contribution in [0, 0.1) is 5.92 Å². The summed E-state index contributed by atoms with van der Waals surface area (Å²) in [5.74, 6) is 1.64. The second-order valence-corrected chi connectivity index (χ2v) is 8.07. The lowest BCUT2D eigenvalue weighted by atomic mass is 10.00. The van der Waals surface area contributed by atoms with Crippen LogP contribution in [0.2, 0.25) is 5.02 Å². The first-order valence-corrected chi connectivity index (χ1v) is 10.3. The van der Waals surface area contributed by atoms with Gasteiger partial charge in [-0.1, -0.05) is 48.0 Å². The molecule has 2 aliphatic rings. The third-order valence-electron chi connectivity index (χ3n) is 5.75. The highest BCUT2D eigenvalue weighted by molar-refractivity contribution is 6.30. The number of amides is 1. The number of fused-ring (bicyclic) bond motifs is 1. The summed E-state index contributed by atoms with van der Waals surface area (Å²) in [5.41, 5.74) is 2.22. The van der Waals surface area contributed by atoms with E-state index in [-0.39, 0.29) is 0 Å². The van der Waals surface area contributed by atoms with Crippen LogP contribution in [0.25, 0.3) is 21.9 Å². The lowest BCUT2D eigenvalue weighted by Crippen LogP contribution is -2.49. The highest BCUT2D eigenvalue weighted by Crippen LogP contribution is 2.35. The number of halogens is 1. The topological polar surface area (TPSA) is 36.4 Å². The van der Waals surface area contributed by atoms with Crippen molar-refractivity contribution in [3.63, 3.8) is 0 Å². The Bertz CT molecular complexity index is 1020. The zero-order valence-electron chi connectivity index (χ0n) is 15.6. The number of hydrogen-bond acceptors (Lipinski definition) is 3. The van der Waals surface area contributed by atoms with E-state index in [1.54, 1.807) is 0 Å². The van der Waals surface area contributed by atoms with E-state index in [0.29, 0.717) is 11.8 Å². The number of piperazine rings is 1. The van der Waals surface area contributed by atoms with E-state index >= 15 is 0 Å². The van der Waals surface area contributed by atoms with Gasteiger partial charge in [-0.25, -0.2) is 4.98 Å². The molecule has 2 heterocycles. The van der Waals surface area contributed by atoms with Crippen molar-refractivity contribution < 1.29 is 4.79 Å². The zero-order valence-corrected chi connectivity index (χ0v) is 16.4. The maximum Gasteiger partial charge on any atom is 0.225 e. The molecule has 0 spiro atoms. The van der Waals surface area contributed by atoms with Gasteiger partial charge in [0.1, 0.15) is 5.82 Å². The summed E-state index contributed by atoms with van der Waals surface area (Å²) in [7, 11) is 0. The van der Waals surface area contributed by atoms with Crippen molar-refractivity contribution in [2.45, 2.75) is 12.8 Å². The molecule has 1 amide bonds. The molecule has 5 heteroatoms. The van der Waals surface area contributed by atoms with Gasteiger partial charge in [-0.15, -0.1) is 0 Å². The molecule has 4 nitrogen and oxygen atoms in total. The molecule has 142 valence electrons. The Morgan fingerprint density at radius 2 is 1.61 bits per heavy atom. The second-order valence-electron chi connectivity index (χ2n) is 7.63. The summed E-state index contributed by atoms with van der Waals surface area (Å²) in [6, 6.07) is 16.3. The standard InChI is InChI=1S/C23H22ClN3O/c24-18-9-7-16(8-10-18)21-15-25-22(20-4-2-1-3-19(20)21)26-11-13-27(14-12-26)23(28)17-5-6-17/h1-4,7-10,15,17H,5-6,11-14H2. The van der Waals surface area contributed by atoms with Crippen molar-refractivity contribution >= 4 is 34.1 Å². The summed E-state index contributed by atoms with van der Waals surface area (Å²) < 4.78 is 0. The summed E-state index contributed by atoms with van der Waals surface area (Å²) in [6.07, 6.45) is 4.09. The molecule has 1 saturated heterocycles. The van der Waals surface area contributed by atoms with E-state index in [2.05, 4.69) is 29.2 Å². The maximum absolute atomic E-state index is 12.3. The van der Waals surface area contributed by atoms with E-state index in [1.807, 2.05) is 35.4 Å². The van der Waals surface area contributed by atoms with E-state index in [1.165, 1.54) is 5.39 Å². The van der Waals surface area contributed by atoms with Crippen molar-refractivity contribution in [1.82, 2.24) is 9.88 Å². The molecule has 1 aliphatic heterocycles. The fourth-order valence-corrected chi connectivity index (χ4v) is 4.14. The minimum atomic E-state index is 0.296. The lowest BCUT2D eigenvalue weighted by Gasteiger charge is -2.36. The molecule has 0 radical (unpaired) electrons. The fraction of sp³-hybridized carbons (Fsp3) is 0.304. The van der Waals surface area contributed by atoms with Crippen molar-refractivity contribution in [1.29, 1.82) is 0 Å². The maximum atomic E-state index is 12.3. The van der Waals surface area contributed by atoms with Crippen LogP contribution in [-0.2, 0) is 4.79 Å². The Kier molecular flexibility index (Phi) is 4.44. The normalized spacial score (nSPS) is 17.2. The molecule has 2 aromatic carbocycles. The molecule has 0 bridgehead atoms. The van der Waals surface area contributed by atoms with Gasteiger partial charge in [0.15, 0.2) is 0 Å².